The summed E-state index contributed by atoms with van der Waals surface area (Å²) in [5.74, 6) is 1.06. The van der Waals surface area contributed by atoms with Gasteiger partial charge in [0.05, 0.1) is 6.04 Å². The highest BCUT2D eigenvalue weighted by Gasteiger charge is 2.31. The van der Waals surface area contributed by atoms with Gasteiger partial charge in [-0.25, -0.2) is 0 Å². The predicted octanol–water partition coefficient (Wildman–Crippen LogP) is 3.41. The van der Waals surface area contributed by atoms with Crippen molar-refractivity contribution in [1.29, 1.82) is 0 Å². The van der Waals surface area contributed by atoms with Crippen molar-refractivity contribution in [3.05, 3.63) is 40.9 Å². The number of hydrogen-bond acceptors (Lipinski definition) is 4. The van der Waals surface area contributed by atoms with Crippen LogP contribution in [0.4, 0.5) is 5.69 Å². The Bertz CT molecular complexity index is 707. The normalized spacial score (nSPS) is 21.8. The molecule has 0 saturated carbocycles. The van der Waals surface area contributed by atoms with Crippen molar-refractivity contribution >= 4 is 17.3 Å². The highest BCUT2D eigenvalue weighted by Crippen LogP contribution is 2.36. The first-order valence-corrected chi connectivity index (χ1v) is 9.22. The van der Waals surface area contributed by atoms with Gasteiger partial charge in [-0.1, -0.05) is 17.7 Å². The number of aromatic nitrogens is 3. The van der Waals surface area contributed by atoms with Gasteiger partial charge in [0.15, 0.2) is 0 Å². The summed E-state index contributed by atoms with van der Waals surface area (Å²) in [5, 5.41) is 9.28. The van der Waals surface area contributed by atoms with E-state index < -0.39 is 0 Å². The summed E-state index contributed by atoms with van der Waals surface area (Å²) in [6.45, 7) is 4.24. The van der Waals surface area contributed by atoms with Crippen LogP contribution in [0.5, 0.6) is 0 Å². The Labute approximate surface area is 148 Å². The standard InChI is InChI=1S/C18H24ClN5/c1-22-13-20-21-18(22)17-8-5-11-24(17)12-14-15(19)6-4-7-16(14)23-9-2-3-10-23/h4,6-7,13,17H,2-3,5,8-12H2,1H3/t17-/m0/s1. The first-order valence-electron chi connectivity index (χ1n) is 8.84. The molecule has 0 amide bonds. The second-order valence-corrected chi connectivity index (χ2v) is 7.27. The molecule has 6 heteroatoms. The van der Waals surface area contributed by atoms with Gasteiger partial charge in [0.25, 0.3) is 0 Å². The smallest absolute Gasteiger partial charge is 0.149 e. The quantitative estimate of drug-likeness (QED) is 0.851. The molecule has 0 spiro atoms. The molecule has 2 aliphatic heterocycles. The Balaban J connectivity index is 1.61. The van der Waals surface area contributed by atoms with Crippen LogP contribution in [0.15, 0.2) is 24.5 Å². The average molecular weight is 346 g/mol. The van der Waals surface area contributed by atoms with E-state index in [0.29, 0.717) is 6.04 Å². The molecule has 2 fully saturated rings. The highest BCUT2D eigenvalue weighted by molar-refractivity contribution is 6.31. The van der Waals surface area contributed by atoms with Crippen LogP contribution in [-0.4, -0.2) is 39.3 Å². The van der Waals surface area contributed by atoms with E-state index in [9.17, 15) is 0 Å². The fraction of sp³-hybridized carbons (Fsp3) is 0.556. The molecule has 0 radical (unpaired) electrons. The van der Waals surface area contributed by atoms with Crippen molar-refractivity contribution in [2.24, 2.45) is 7.05 Å². The molecule has 128 valence electrons. The molecule has 0 N–H and O–H groups in total. The van der Waals surface area contributed by atoms with E-state index in [1.54, 1.807) is 6.33 Å². The molecule has 24 heavy (non-hydrogen) atoms. The van der Waals surface area contributed by atoms with Gasteiger partial charge in [0.1, 0.15) is 12.2 Å². The molecule has 0 unspecified atom stereocenters. The zero-order chi connectivity index (χ0) is 16.5. The summed E-state index contributed by atoms with van der Waals surface area (Å²) in [6.07, 6.45) is 6.67. The largest absolute Gasteiger partial charge is 0.371 e. The van der Waals surface area contributed by atoms with Crippen molar-refractivity contribution in [1.82, 2.24) is 19.7 Å². The Morgan fingerprint density at radius 2 is 2.00 bits per heavy atom. The summed E-state index contributed by atoms with van der Waals surface area (Å²) in [6, 6.07) is 6.65. The third-order valence-corrected chi connectivity index (χ3v) is 5.66. The topological polar surface area (TPSA) is 37.2 Å². The Kier molecular flexibility index (Phi) is 4.46. The molecule has 1 aromatic heterocycles. The van der Waals surface area contributed by atoms with Gasteiger partial charge in [0, 0.05) is 43.0 Å². The van der Waals surface area contributed by atoms with E-state index in [-0.39, 0.29) is 0 Å². The number of benzene rings is 1. The third-order valence-electron chi connectivity index (χ3n) is 5.31. The van der Waals surface area contributed by atoms with Gasteiger partial charge >= 0.3 is 0 Å². The highest BCUT2D eigenvalue weighted by atomic mass is 35.5. The van der Waals surface area contributed by atoms with Crippen molar-refractivity contribution in [2.45, 2.75) is 38.3 Å². The Morgan fingerprint density at radius 1 is 1.17 bits per heavy atom. The van der Waals surface area contributed by atoms with Gasteiger partial charge in [-0.2, -0.15) is 0 Å². The summed E-state index contributed by atoms with van der Waals surface area (Å²) >= 11 is 6.60. The molecular weight excluding hydrogens is 322 g/mol. The zero-order valence-electron chi connectivity index (χ0n) is 14.2. The average Bonchev–Trinajstić information content (AvgIpc) is 3.31. The third kappa shape index (κ3) is 2.91. The van der Waals surface area contributed by atoms with Crippen LogP contribution in [0.2, 0.25) is 5.02 Å². The van der Waals surface area contributed by atoms with Crippen LogP contribution in [0.25, 0.3) is 0 Å². The molecule has 0 aliphatic carbocycles. The minimum atomic E-state index is 0.334. The van der Waals surface area contributed by atoms with Gasteiger partial charge in [0.2, 0.25) is 0 Å². The SMILES string of the molecule is Cn1cnnc1[C@@H]1CCCN1Cc1c(Cl)cccc1N1CCCC1. The molecule has 5 nitrogen and oxygen atoms in total. The van der Waals surface area contributed by atoms with E-state index >= 15 is 0 Å². The number of rotatable bonds is 4. The molecule has 2 aromatic rings. The molecule has 4 rings (SSSR count). The van der Waals surface area contributed by atoms with E-state index in [4.69, 9.17) is 11.6 Å². The molecule has 0 bridgehead atoms. The number of aryl methyl sites for hydroxylation is 1. The fourth-order valence-corrected chi connectivity index (χ4v) is 4.29. The predicted molar refractivity (Wildman–Crippen MR) is 96.3 cm³/mol. The lowest BCUT2D eigenvalue weighted by atomic mass is 10.1. The van der Waals surface area contributed by atoms with Crippen molar-refractivity contribution < 1.29 is 0 Å². The fourth-order valence-electron chi connectivity index (χ4n) is 4.06. The number of anilines is 1. The number of likely N-dealkylation sites (tertiary alicyclic amines) is 1. The minimum Gasteiger partial charge on any atom is -0.371 e. The molecular formula is C18H24ClN5. The van der Waals surface area contributed by atoms with Crippen LogP contribution < -0.4 is 4.90 Å². The lowest BCUT2D eigenvalue weighted by molar-refractivity contribution is 0.236. The molecule has 2 aliphatic rings. The molecule has 1 atom stereocenters. The lowest BCUT2D eigenvalue weighted by Crippen LogP contribution is -2.27. The maximum atomic E-state index is 6.60. The molecule has 3 heterocycles. The maximum absolute atomic E-state index is 6.60. The van der Waals surface area contributed by atoms with E-state index in [1.807, 2.05) is 17.7 Å². The van der Waals surface area contributed by atoms with Crippen molar-refractivity contribution in [3.63, 3.8) is 0 Å². The van der Waals surface area contributed by atoms with E-state index in [1.165, 1.54) is 30.5 Å². The molecule has 1 aromatic carbocycles. The maximum Gasteiger partial charge on any atom is 0.149 e. The number of hydrogen-bond donors (Lipinski definition) is 0. The Hall–Kier alpha value is -1.59. The van der Waals surface area contributed by atoms with Crippen LogP contribution >= 0.6 is 11.6 Å². The second-order valence-electron chi connectivity index (χ2n) is 6.86. The monoisotopic (exact) mass is 345 g/mol. The van der Waals surface area contributed by atoms with Gasteiger partial charge in [-0.15, -0.1) is 10.2 Å². The summed E-state index contributed by atoms with van der Waals surface area (Å²) in [5.41, 5.74) is 2.57. The van der Waals surface area contributed by atoms with E-state index in [2.05, 4.69) is 32.1 Å². The van der Waals surface area contributed by atoms with Crippen LogP contribution in [0.1, 0.15) is 43.1 Å². The zero-order valence-corrected chi connectivity index (χ0v) is 14.9. The second kappa shape index (κ2) is 6.73. The van der Waals surface area contributed by atoms with Gasteiger partial charge < -0.3 is 9.47 Å². The minimum absolute atomic E-state index is 0.334. The first-order chi connectivity index (χ1) is 11.7. The van der Waals surface area contributed by atoms with Gasteiger partial charge in [-0.3, -0.25) is 4.90 Å². The van der Waals surface area contributed by atoms with E-state index in [0.717, 1.165) is 43.4 Å². The molecule has 2 saturated heterocycles. The van der Waals surface area contributed by atoms with Crippen molar-refractivity contribution in [2.75, 3.05) is 24.5 Å². The Morgan fingerprint density at radius 3 is 2.75 bits per heavy atom. The number of nitrogens with zero attached hydrogens (tertiary/aromatic N) is 5. The van der Waals surface area contributed by atoms with Crippen molar-refractivity contribution in [3.8, 4) is 0 Å². The van der Waals surface area contributed by atoms with Crippen LogP contribution in [0, 0.1) is 0 Å². The summed E-state index contributed by atoms with van der Waals surface area (Å²) < 4.78 is 2.04. The first kappa shape index (κ1) is 15.9. The van der Waals surface area contributed by atoms with Crippen LogP contribution in [0.3, 0.4) is 0 Å². The summed E-state index contributed by atoms with van der Waals surface area (Å²) in [7, 11) is 2.02. The summed E-state index contributed by atoms with van der Waals surface area (Å²) in [4.78, 5) is 4.99. The lowest BCUT2D eigenvalue weighted by Gasteiger charge is -2.28. The number of halogens is 1. The van der Waals surface area contributed by atoms with Crippen LogP contribution in [-0.2, 0) is 13.6 Å². The van der Waals surface area contributed by atoms with Gasteiger partial charge in [-0.05, 0) is 44.4 Å².